The van der Waals surface area contributed by atoms with Crippen molar-refractivity contribution in [1.29, 1.82) is 0 Å². The molecule has 0 amide bonds. The Hall–Kier alpha value is -1.40. The van der Waals surface area contributed by atoms with Crippen LogP contribution in [0.1, 0.15) is 40.5 Å². The Morgan fingerprint density at radius 3 is 1.36 bits per heavy atom. The van der Waals surface area contributed by atoms with E-state index in [0.717, 1.165) is 12.2 Å². The van der Waals surface area contributed by atoms with Crippen LogP contribution >= 0.6 is 0 Å². The van der Waals surface area contributed by atoms with Crippen molar-refractivity contribution < 1.29 is 28.5 Å². The molecule has 0 spiro atoms. The lowest BCUT2D eigenvalue weighted by Crippen LogP contribution is -2.25. The predicted molar refractivity (Wildman–Crippen MR) is 82.5 cm³/mol. The minimum Gasteiger partial charge on any atom is -0.462 e. The fourth-order valence-electron chi connectivity index (χ4n) is 1.23. The number of hydrogen-bond acceptors (Lipinski definition) is 6. The minimum absolute atomic E-state index is 0.223. The van der Waals surface area contributed by atoms with Crippen LogP contribution in [0.3, 0.4) is 0 Å². The molecule has 0 N–H and O–H groups in total. The van der Waals surface area contributed by atoms with E-state index in [0.29, 0.717) is 12.8 Å². The predicted octanol–water partition coefficient (Wildman–Crippen LogP) is 2.26. The molecule has 0 atom stereocenters. The number of hydrogen-bond donors (Lipinski definition) is 0. The van der Waals surface area contributed by atoms with Crippen molar-refractivity contribution in [3.63, 3.8) is 0 Å². The van der Waals surface area contributed by atoms with E-state index in [1.165, 1.54) is 0 Å². The Kier molecular flexibility index (Phi) is 8.97. The summed E-state index contributed by atoms with van der Waals surface area (Å²) in [4.78, 5) is 22.8. The first-order valence-corrected chi connectivity index (χ1v) is 7.24. The molecular weight excluding hydrogens is 288 g/mol. The molecule has 0 aromatic rings. The first kappa shape index (κ1) is 20.6. The molecule has 0 aliphatic heterocycles. The van der Waals surface area contributed by atoms with Crippen LogP contribution in [0, 0.1) is 0 Å². The van der Waals surface area contributed by atoms with Crippen molar-refractivity contribution in [2.24, 2.45) is 0 Å². The Balaban J connectivity index is 3.95. The summed E-state index contributed by atoms with van der Waals surface area (Å²) in [5.74, 6) is -1.16. The lowest BCUT2D eigenvalue weighted by atomic mass is 10.1. The average Bonchev–Trinajstić information content (AvgIpc) is 2.45. The SMILES string of the molecule is COC(C)(C)CCOC(=O)C=CC(=O)OCCC(C)(C)OC. The zero-order valence-corrected chi connectivity index (χ0v) is 14.4. The molecule has 0 aliphatic carbocycles. The van der Waals surface area contributed by atoms with Crippen LogP contribution in [0.25, 0.3) is 0 Å². The third-order valence-electron chi connectivity index (χ3n) is 3.36. The second-order valence-corrected chi connectivity index (χ2v) is 6.10. The maximum absolute atomic E-state index is 11.4. The van der Waals surface area contributed by atoms with Crippen molar-refractivity contribution in [1.82, 2.24) is 0 Å². The van der Waals surface area contributed by atoms with Gasteiger partial charge in [0.1, 0.15) is 0 Å². The van der Waals surface area contributed by atoms with Gasteiger partial charge in [-0.25, -0.2) is 9.59 Å². The fraction of sp³-hybridized carbons (Fsp3) is 0.750. The first-order chi connectivity index (χ1) is 10.1. The van der Waals surface area contributed by atoms with Gasteiger partial charge in [-0.05, 0) is 27.7 Å². The Labute approximate surface area is 132 Å². The molecule has 0 radical (unpaired) electrons. The van der Waals surface area contributed by atoms with Crippen molar-refractivity contribution >= 4 is 11.9 Å². The van der Waals surface area contributed by atoms with Gasteiger partial charge in [0, 0.05) is 39.2 Å². The van der Waals surface area contributed by atoms with E-state index >= 15 is 0 Å². The van der Waals surface area contributed by atoms with Crippen LogP contribution in [0.2, 0.25) is 0 Å². The molecule has 0 unspecified atom stereocenters. The quantitative estimate of drug-likeness (QED) is 0.455. The number of carbonyl (C=O) groups is 2. The highest BCUT2D eigenvalue weighted by Crippen LogP contribution is 2.13. The largest absolute Gasteiger partial charge is 0.462 e. The van der Waals surface area contributed by atoms with Gasteiger partial charge in [-0.3, -0.25) is 0 Å². The average molecular weight is 316 g/mol. The molecule has 0 saturated carbocycles. The number of esters is 2. The third kappa shape index (κ3) is 10.3. The van der Waals surface area contributed by atoms with Crippen LogP contribution in [-0.2, 0) is 28.5 Å². The standard InChI is InChI=1S/C16H28O6/c1-15(2,19-5)9-11-21-13(17)7-8-14(18)22-12-10-16(3,4)20-6/h7-8H,9-12H2,1-6H3. The molecule has 22 heavy (non-hydrogen) atoms. The summed E-state index contributed by atoms with van der Waals surface area (Å²) in [5, 5.41) is 0. The molecule has 0 rings (SSSR count). The van der Waals surface area contributed by atoms with Gasteiger partial charge in [-0.15, -0.1) is 0 Å². The number of methoxy groups -OCH3 is 2. The van der Waals surface area contributed by atoms with E-state index in [1.54, 1.807) is 14.2 Å². The maximum atomic E-state index is 11.4. The van der Waals surface area contributed by atoms with Gasteiger partial charge >= 0.3 is 11.9 Å². The number of carbonyl (C=O) groups excluding carboxylic acids is 2. The molecule has 0 heterocycles. The summed E-state index contributed by atoms with van der Waals surface area (Å²) in [6, 6.07) is 0. The molecule has 6 nitrogen and oxygen atoms in total. The second kappa shape index (κ2) is 9.58. The first-order valence-electron chi connectivity index (χ1n) is 7.24. The lowest BCUT2D eigenvalue weighted by Gasteiger charge is -2.22. The van der Waals surface area contributed by atoms with Crippen LogP contribution in [0.4, 0.5) is 0 Å². The van der Waals surface area contributed by atoms with E-state index in [4.69, 9.17) is 18.9 Å². The van der Waals surface area contributed by atoms with Gasteiger partial charge in [0.05, 0.1) is 24.4 Å². The summed E-state index contributed by atoms with van der Waals surface area (Å²) < 4.78 is 20.4. The number of ether oxygens (including phenoxy) is 4. The zero-order chi connectivity index (χ0) is 17.2. The Bertz CT molecular complexity index is 348. The smallest absolute Gasteiger partial charge is 0.331 e. The summed E-state index contributed by atoms with van der Waals surface area (Å²) in [5.41, 5.74) is -0.700. The van der Waals surface area contributed by atoms with Crippen LogP contribution < -0.4 is 0 Å². The highest BCUT2D eigenvalue weighted by Gasteiger charge is 2.17. The van der Waals surface area contributed by atoms with Crippen molar-refractivity contribution in [2.45, 2.75) is 51.7 Å². The molecule has 0 bridgehead atoms. The highest BCUT2D eigenvalue weighted by atomic mass is 16.5. The van der Waals surface area contributed by atoms with Crippen molar-refractivity contribution in [3.05, 3.63) is 12.2 Å². The van der Waals surface area contributed by atoms with Crippen molar-refractivity contribution in [2.75, 3.05) is 27.4 Å². The normalized spacial score (nSPS) is 12.5. The van der Waals surface area contributed by atoms with Gasteiger partial charge in [-0.2, -0.15) is 0 Å². The molecular formula is C16H28O6. The van der Waals surface area contributed by atoms with Gasteiger partial charge in [-0.1, -0.05) is 0 Å². The van der Waals surface area contributed by atoms with E-state index < -0.39 is 11.9 Å². The second-order valence-electron chi connectivity index (χ2n) is 6.10. The Morgan fingerprint density at radius 2 is 1.09 bits per heavy atom. The third-order valence-corrected chi connectivity index (χ3v) is 3.36. The van der Waals surface area contributed by atoms with E-state index in [2.05, 4.69) is 0 Å². The van der Waals surface area contributed by atoms with Gasteiger partial charge in [0.25, 0.3) is 0 Å². The summed E-state index contributed by atoms with van der Waals surface area (Å²) in [6.45, 7) is 8.04. The van der Waals surface area contributed by atoms with Crippen LogP contribution in [0.15, 0.2) is 12.2 Å². The molecule has 0 saturated heterocycles. The van der Waals surface area contributed by atoms with E-state index in [9.17, 15) is 9.59 Å². The summed E-state index contributed by atoms with van der Waals surface area (Å²) >= 11 is 0. The lowest BCUT2D eigenvalue weighted by molar-refractivity contribution is -0.142. The van der Waals surface area contributed by atoms with Crippen LogP contribution in [-0.4, -0.2) is 50.6 Å². The highest BCUT2D eigenvalue weighted by molar-refractivity contribution is 5.91. The van der Waals surface area contributed by atoms with Gasteiger partial charge in [0.2, 0.25) is 0 Å². The molecule has 0 aliphatic rings. The summed E-state index contributed by atoms with van der Waals surface area (Å²) in [7, 11) is 3.20. The molecule has 0 fully saturated rings. The molecule has 0 aromatic carbocycles. The monoisotopic (exact) mass is 316 g/mol. The molecule has 0 aromatic heterocycles. The van der Waals surface area contributed by atoms with E-state index in [-0.39, 0.29) is 24.4 Å². The fourth-order valence-corrected chi connectivity index (χ4v) is 1.23. The topological polar surface area (TPSA) is 71.1 Å². The molecule has 6 heteroatoms. The molecule has 128 valence electrons. The van der Waals surface area contributed by atoms with Gasteiger partial charge in [0.15, 0.2) is 0 Å². The minimum atomic E-state index is -0.582. The van der Waals surface area contributed by atoms with Gasteiger partial charge < -0.3 is 18.9 Å². The Morgan fingerprint density at radius 1 is 0.773 bits per heavy atom. The van der Waals surface area contributed by atoms with Crippen LogP contribution in [0.5, 0.6) is 0 Å². The maximum Gasteiger partial charge on any atom is 0.331 e. The summed E-state index contributed by atoms with van der Waals surface area (Å²) in [6.07, 6.45) is 3.26. The number of rotatable bonds is 10. The van der Waals surface area contributed by atoms with E-state index in [1.807, 2.05) is 27.7 Å². The van der Waals surface area contributed by atoms with Crippen molar-refractivity contribution in [3.8, 4) is 0 Å². The zero-order valence-electron chi connectivity index (χ0n) is 14.4.